The minimum absolute atomic E-state index is 0.161. The van der Waals surface area contributed by atoms with Crippen molar-refractivity contribution >= 4 is 0 Å². The van der Waals surface area contributed by atoms with Gasteiger partial charge in [-0.1, -0.05) is 32.6 Å². The van der Waals surface area contributed by atoms with Crippen LogP contribution in [0.15, 0.2) is 6.20 Å². The summed E-state index contributed by atoms with van der Waals surface area (Å²) >= 11 is 0. The fourth-order valence-corrected chi connectivity index (χ4v) is 2.08. The minimum atomic E-state index is 0.161. The average molecular weight is 265 g/mol. The van der Waals surface area contributed by atoms with Crippen molar-refractivity contribution < 1.29 is 0 Å². The number of aromatic nitrogens is 2. The van der Waals surface area contributed by atoms with Crippen molar-refractivity contribution in [1.29, 1.82) is 0 Å². The van der Waals surface area contributed by atoms with E-state index in [1.807, 2.05) is 0 Å². The zero-order valence-electron chi connectivity index (χ0n) is 13.4. The van der Waals surface area contributed by atoms with E-state index >= 15 is 0 Å². The maximum absolute atomic E-state index is 4.61. The molecular weight excluding hydrogens is 234 g/mol. The average Bonchev–Trinajstić information content (AvgIpc) is 2.66. The van der Waals surface area contributed by atoms with Crippen molar-refractivity contribution in [2.24, 2.45) is 0 Å². The van der Waals surface area contributed by atoms with Crippen molar-refractivity contribution in [3.63, 3.8) is 0 Å². The number of rotatable bonds is 8. The summed E-state index contributed by atoms with van der Waals surface area (Å²) in [6.07, 6.45) is 8.79. The van der Waals surface area contributed by atoms with Crippen LogP contribution in [0.2, 0.25) is 0 Å². The molecule has 0 radical (unpaired) electrons. The zero-order valence-corrected chi connectivity index (χ0v) is 13.4. The van der Waals surface area contributed by atoms with Crippen LogP contribution in [-0.2, 0) is 13.1 Å². The summed E-state index contributed by atoms with van der Waals surface area (Å²) in [6, 6.07) is 0. The summed E-state index contributed by atoms with van der Waals surface area (Å²) in [7, 11) is 0. The van der Waals surface area contributed by atoms with E-state index in [1.54, 1.807) is 0 Å². The highest BCUT2D eigenvalue weighted by atomic mass is 15.3. The Kier molecular flexibility index (Phi) is 6.56. The molecule has 0 bridgehead atoms. The van der Waals surface area contributed by atoms with Gasteiger partial charge in [-0.3, -0.25) is 4.68 Å². The molecule has 0 spiro atoms. The Balaban J connectivity index is 2.36. The summed E-state index contributed by atoms with van der Waals surface area (Å²) in [4.78, 5) is 0. The van der Waals surface area contributed by atoms with Crippen molar-refractivity contribution in [3.8, 4) is 0 Å². The molecule has 0 unspecified atom stereocenters. The summed E-state index contributed by atoms with van der Waals surface area (Å²) in [5.74, 6) is 0. The molecule has 3 heteroatoms. The monoisotopic (exact) mass is 265 g/mol. The van der Waals surface area contributed by atoms with Gasteiger partial charge in [0.25, 0.3) is 0 Å². The van der Waals surface area contributed by atoms with Gasteiger partial charge in [-0.25, -0.2) is 0 Å². The van der Waals surface area contributed by atoms with Gasteiger partial charge in [0.1, 0.15) is 0 Å². The summed E-state index contributed by atoms with van der Waals surface area (Å²) in [6.45, 7) is 12.9. The lowest BCUT2D eigenvalue weighted by Gasteiger charge is -2.20. The van der Waals surface area contributed by atoms with Crippen LogP contribution in [0.1, 0.15) is 71.1 Å². The molecule has 1 aromatic heterocycles. The van der Waals surface area contributed by atoms with Gasteiger partial charge in [-0.15, -0.1) is 0 Å². The molecule has 110 valence electrons. The topological polar surface area (TPSA) is 29.9 Å². The predicted octanol–water partition coefficient (Wildman–Crippen LogP) is 4.05. The zero-order chi connectivity index (χ0) is 14.3. The molecule has 1 aromatic rings. The van der Waals surface area contributed by atoms with Crippen LogP contribution >= 0.6 is 0 Å². The van der Waals surface area contributed by atoms with E-state index in [-0.39, 0.29) is 5.54 Å². The molecule has 1 rings (SSSR count). The van der Waals surface area contributed by atoms with E-state index in [4.69, 9.17) is 0 Å². The molecule has 0 aliphatic heterocycles. The van der Waals surface area contributed by atoms with Crippen LogP contribution in [0.25, 0.3) is 0 Å². The van der Waals surface area contributed by atoms with Crippen molar-refractivity contribution in [3.05, 3.63) is 17.5 Å². The molecule has 3 nitrogen and oxygen atoms in total. The quantitative estimate of drug-likeness (QED) is 0.719. The molecular formula is C16H31N3. The number of aryl methyl sites for hydroxylation is 2. The summed E-state index contributed by atoms with van der Waals surface area (Å²) < 4.78 is 2.11. The molecule has 19 heavy (non-hydrogen) atoms. The number of nitrogens with one attached hydrogen (secondary N) is 1. The second-order valence-electron chi connectivity index (χ2n) is 6.52. The first-order chi connectivity index (χ1) is 8.92. The molecule has 0 aliphatic rings. The Hall–Kier alpha value is -0.830. The van der Waals surface area contributed by atoms with Gasteiger partial charge in [-0.05, 0) is 34.1 Å². The highest BCUT2D eigenvalue weighted by molar-refractivity contribution is 5.15. The minimum Gasteiger partial charge on any atom is -0.308 e. The number of hydrogen-bond donors (Lipinski definition) is 1. The first kappa shape index (κ1) is 16.2. The highest BCUT2D eigenvalue weighted by Crippen LogP contribution is 2.10. The molecule has 1 N–H and O–H groups in total. The van der Waals surface area contributed by atoms with Crippen LogP contribution in [0.3, 0.4) is 0 Å². The van der Waals surface area contributed by atoms with E-state index < -0.39 is 0 Å². The molecule has 0 amide bonds. The third-order valence-corrected chi connectivity index (χ3v) is 3.35. The van der Waals surface area contributed by atoms with Gasteiger partial charge < -0.3 is 5.32 Å². The standard InChI is InChI=1S/C16H31N3/c1-6-7-8-9-10-11-19-13-15(14(2)18-19)12-17-16(3,4)5/h13,17H,6-12H2,1-5H3. The number of unbranched alkanes of at least 4 members (excludes halogenated alkanes) is 4. The van der Waals surface area contributed by atoms with E-state index in [0.29, 0.717) is 0 Å². The van der Waals surface area contributed by atoms with Gasteiger partial charge in [0.15, 0.2) is 0 Å². The third kappa shape index (κ3) is 6.76. The van der Waals surface area contributed by atoms with E-state index in [2.05, 4.69) is 55.9 Å². The number of nitrogens with zero attached hydrogens (tertiary/aromatic N) is 2. The fraction of sp³-hybridized carbons (Fsp3) is 0.812. The van der Waals surface area contributed by atoms with Crippen molar-refractivity contribution in [2.75, 3.05) is 0 Å². The van der Waals surface area contributed by atoms with Gasteiger partial charge in [0.2, 0.25) is 0 Å². The second kappa shape index (κ2) is 7.68. The maximum atomic E-state index is 4.61. The molecule has 0 aromatic carbocycles. The Morgan fingerprint density at radius 3 is 2.47 bits per heavy atom. The van der Waals surface area contributed by atoms with Crippen molar-refractivity contribution in [1.82, 2.24) is 15.1 Å². The van der Waals surface area contributed by atoms with Gasteiger partial charge in [-0.2, -0.15) is 5.10 Å². The van der Waals surface area contributed by atoms with Crippen LogP contribution < -0.4 is 5.32 Å². The third-order valence-electron chi connectivity index (χ3n) is 3.35. The predicted molar refractivity (Wildman–Crippen MR) is 82.3 cm³/mol. The second-order valence-corrected chi connectivity index (χ2v) is 6.52. The first-order valence-electron chi connectivity index (χ1n) is 7.70. The van der Waals surface area contributed by atoms with Gasteiger partial charge in [0.05, 0.1) is 5.69 Å². The Bertz CT molecular complexity index is 361. The molecule has 1 heterocycles. The lowest BCUT2D eigenvalue weighted by molar-refractivity contribution is 0.423. The molecule has 0 fully saturated rings. The van der Waals surface area contributed by atoms with Crippen molar-refractivity contribution in [2.45, 2.75) is 85.4 Å². The van der Waals surface area contributed by atoms with Crippen LogP contribution in [0.5, 0.6) is 0 Å². The molecule has 0 saturated carbocycles. The molecule has 0 aliphatic carbocycles. The van der Waals surface area contributed by atoms with E-state index in [1.165, 1.54) is 37.7 Å². The molecule has 0 atom stereocenters. The Morgan fingerprint density at radius 2 is 1.84 bits per heavy atom. The SMILES string of the molecule is CCCCCCCn1cc(CNC(C)(C)C)c(C)n1. The van der Waals surface area contributed by atoms with Crippen LogP contribution in [0, 0.1) is 6.92 Å². The number of hydrogen-bond acceptors (Lipinski definition) is 2. The summed E-state index contributed by atoms with van der Waals surface area (Å²) in [5.41, 5.74) is 2.64. The largest absolute Gasteiger partial charge is 0.308 e. The van der Waals surface area contributed by atoms with E-state index in [9.17, 15) is 0 Å². The molecule has 0 saturated heterocycles. The summed E-state index contributed by atoms with van der Waals surface area (Å²) in [5, 5.41) is 8.13. The van der Waals surface area contributed by atoms with Crippen LogP contribution in [0.4, 0.5) is 0 Å². The lowest BCUT2D eigenvalue weighted by atomic mass is 10.1. The maximum Gasteiger partial charge on any atom is 0.0638 e. The van der Waals surface area contributed by atoms with Crippen LogP contribution in [-0.4, -0.2) is 15.3 Å². The highest BCUT2D eigenvalue weighted by Gasteiger charge is 2.11. The normalized spacial score (nSPS) is 12.1. The Labute approximate surface area is 118 Å². The van der Waals surface area contributed by atoms with Gasteiger partial charge in [0, 0.05) is 30.4 Å². The first-order valence-corrected chi connectivity index (χ1v) is 7.70. The lowest BCUT2D eigenvalue weighted by Crippen LogP contribution is -2.35. The fourth-order valence-electron chi connectivity index (χ4n) is 2.08. The van der Waals surface area contributed by atoms with Gasteiger partial charge >= 0.3 is 0 Å². The van der Waals surface area contributed by atoms with E-state index in [0.717, 1.165) is 18.8 Å². The Morgan fingerprint density at radius 1 is 1.16 bits per heavy atom. The smallest absolute Gasteiger partial charge is 0.0638 e.